The third kappa shape index (κ3) is 13.0. The van der Waals surface area contributed by atoms with Crippen LogP contribution < -0.4 is 11.5 Å². The average Bonchev–Trinajstić information content (AvgIpc) is 4.13. The van der Waals surface area contributed by atoms with Gasteiger partial charge >= 0.3 is 0 Å². The van der Waals surface area contributed by atoms with Crippen molar-refractivity contribution in [3.05, 3.63) is 273 Å². The highest BCUT2D eigenvalue weighted by Crippen LogP contribution is 2.33. The molecule has 0 aliphatic carbocycles. The molecule has 0 unspecified atom stereocenters. The van der Waals surface area contributed by atoms with Crippen molar-refractivity contribution in [2.24, 2.45) is 0 Å². The molecule has 13 aromatic rings. The molecule has 0 aliphatic heterocycles. The second-order valence-corrected chi connectivity index (χ2v) is 20.6. The van der Waals surface area contributed by atoms with Gasteiger partial charge in [-0.25, -0.2) is 9.97 Å². The first kappa shape index (κ1) is 54.3. The Kier molecular flexibility index (Phi) is 17.8. The summed E-state index contributed by atoms with van der Waals surface area (Å²) in [6.45, 7) is 0. The number of carbonyl (C=O) groups excluding carboxylic acids is 3. The van der Waals surface area contributed by atoms with Crippen molar-refractivity contribution in [2.75, 3.05) is 11.5 Å². The lowest BCUT2D eigenvalue weighted by Gasteiger charge is -2.10. The standard InChI is InChI=1S/C24H15BrN2O.C17H11BrN2.C11H8O.C7H5ClO.C6H7BrN2/c25-18-13-14-22-21(15-18)26-23(27(22)24(28)17-8-2-1-3-9-17)20-12-6-10-16-7-4-5-11-19(16)20;18-12-8-9-15-16(10-12)20-17(19-15)14-7-3-5-11-4-1-2-6-13(11)14;12-8-10-6-3-5-9-4-1-2-7-11(9)10;8-7(9)6-4-2-1-3-5-6;7-4-1-2-5(8)6(9)3-4/h1-15H;1-10H,(H,19,20);1-8H;1-5H;1-3H,8-9H2. The molecule has 382 valence electrons. The van der Waals surface area contributed by atoms with Crippen LogP contribution in [0.15, 0.2) is 256 Å². The van der Waals surface area contributed by atoms with E-state index in [9.17, 15) is 14.4 Å². The van der Waals surface area contributed by atoms with Crippen LogP contribution in [0.4, 0.5) is 11.4 Å². The van der Waals surface area contributed by atoms with Gasteiger partial charge in [0.1, 0.15) is 11.6 Å². The number of nitrogens with zero attached hydrogens (tertiary/aromatic N) is 3. The molecule has 11 aromatic carbocycles. The van der Waals surface area contributed by atoms with Gasteiger partial charge in [-0.15, -0.1) is 0 Å². The van der Waals surface area contributed by atoms with Gasteiger partial charge in [-0.05, 0) is 111 Å². The summed E-state index contributed by atoms with van der Waals surface area (Å²) >= 11 is 15.4. The van der Waals surface area contributed by atoms with E-state index in [1.165, 1.54) is 10.8 Å². The maximum Gasteiger partial charge on any atom is 0.264 e. The third-order valence-corrected chi connectivity index (χ3v) is 14.1. The van der Waals surface area contributed by atoms with E-state index in [1.807, 2.05) is 140 Å². The van der Waals surface area contributed by atoms with E-state index >= 15 is 0 Å². The van der Waals surface area contributed by atoms with E-state index in [0.29, 0.717) is 28.3 Å². The Balaban J connectivity index is 0.000000129. The molecule has 13 heteroatoms. The Morgan fingerprint density at radius 3 is 1.58 bits per heavy atom. The Bertz CT molecular complexity index is 4250. The lowest BCUT2D eigenvalue weighted by atomic mass is 10.0. The molecule has 13 rings (SSSR count). The van der Waals surface area contributed by atoms with Crippen LogP contribution in [-0.4, -0.2) is 37.0 Å². The number of aromatic nitrogens is 4. The van der Waals surface area contributed by atoms with Crippen molar-refractivity contribution in [1.29, 1.82) is 0 Å². The van der Waals surface area contributed by atoms with Crippen molar-refractivity contribution >= 4 is 143 Å². The van der Waals surface area contributed by atoms with Crippen LogP contribution >= 0.6 is 59.4 Å². The summed E-state index contributed by atoms with van der Waals surface area (Å²) in [5.41, 5.74) is 19.7. The van der Waals surface area contributed by atoms with Gasteiger partial charge in [0.2, 0.25) is 0 Å². The molecule has 0 aliphatic rings. The SMILES string of the molecule is Brc1ccc2nc(-c3cccc4ccccc34)[nH]c2c1.Nc1ccc(Br)cc1N.O=C(Cl)c1ccccc1.O=C(c1ccccc1)n1c(-c2cccc3ccccc23)nc2cc(Br)ccc21.O=Cc1cccc2ccccc12. The molecule has 0 saturated carbocycles. The highest BCUT2D eigenvalue weighted by atomic mass is 79.9. The Morgan fingerprint density at radius 1 is 0.474 bits per heavy atom. The predicted octanol–water partition coefficient (Wildman–Crippen LogP) is 17.8. The van der Waals surface area contributed by atoms with Gasteiger partial charge in [-0.3, -0.25) is 19.0 Å². The molecule has 9 nitrogen and oxygen atoms in total. The fourth-order valence-electron chi connectivity index (χ4n) is 8.58. The molecule has 0 spiro atoms. The summed E-state index contributed by atoms with van der Waals surface area (Å²) in [5, 5.41) is 6.36. The first-order valence-electron chi connectivity index (χ1n) is 24.3. The number of fused-ring (bicyclic) bond motifs is 5. The zero-order valence-electron chi connectivity index (χ0n) is 41.4. The summed E-state index contributed by atoms with van der Waals surface area (Å²) in [4.78, 5) is 47.4. The number of nitrogens with two attached hydrogens (primary N) is 2. The molecule has 0 bridgehead atoms. The topological polar surface area (TPSA) is 150 Å². The van der Waals surface area contributed by atoms with Gasteiger partial charge in [0.25, 0.3) is 11.1 Å². The number of aldehydes is 1. The van der Waals surface area contributed by atoms with Gasteiger partial charge in [0.05, 0.1) is 33.4 Å². The molecule has 0 saturated heterocycles. The van der Waals surface area contributed by atoms with Crippen molar-refractivity contribution in [1.82, 2.24) is 19.5 Å². The second kappa shape index (κ2) is 25.5. The fourth-order valence-corrected chi connectivity index (χ4v) is 9.79. The second-order valence-electron chi connectivity index (χ2n) is 17.5. The highest BCUT2D eigenvalue weighted by molar-refractivity contribution is 9.11. The first-order valence-corrected chi connectivity index (χ1v) is 27.1. The van der Waals surface area contributed by atoms with Gasteiger partial charge in [-0.1, -0.05) is 224 Å². The van der Waals surface area contributed by atoms with Crippen LogP contribution in [0.5, 0.6) is 0 Å². The van der Waals surface area contributed by atoms with E-state index in [-0.39, 0.29) is 5.91 Å². The maximum absolute atomic E-state index is 13.4. The smallest absolute Gasteiger partial charge is 0.264 e. The Morgan fingerprint density at radius 2 is 0.974 bits per heavy atom. The predicted molar refractivity (Wildman–Crippen MR) is 332 cm³/mol. The molecule has 0 radical (unpaired) electrons. The Labute approximate surface area is 479 Å². The van der Waals surface area contributed by atoms with Crippen LogP contribution in [0, 0.1) is 0 Å². The minimum Gasteiger partial charge on any atom is -0.397 e. The number of anilines is 2. The van der Waals surface area contributed by atoms with Crippen molar-refractivity contribution in [2.45, 2.75) is 0 Å². The maximum atomic E-state index is 13.4. The van der Waals surface area contributed by atoms with E-state index < -0.39 is 5.24 Å². The molecule has 2 heterocycles. The van der Waals surface area contributed by atoms with Crippen LogP contribution in [0.3, 0.4) is 0 Å². The monoisotopic (exact) mass is 1230 g/mol. The number of nitrogens with one attached hydrogen (secondary N) is 1. The Hall–Kier alpha value is -8.52. The fraction of sp³-hybridized carbons (Fsp3) is 0. The normalized spacial score (nSPS) is 10.6. The zero-order valence-corrected chi connectivity index (χ0v) is 46.9. The van der Waals surface area contributed by atoms with E-state index in [0.717, 1.165) is 85.8 Å². The lowest BCUT2D eigenvalue weighted by molar-refractivity contribution is 0.0965. The van der Waals surface area contributed by atoms with Gasteiger partial charge < -0.3 is 16.5 Å². The summed E-state index contributed by atoms with van der Waals surface area (Å²) < 4.78 is 4.66. The van der Waals surface area contributed by atoms with Crippen molar-refractivity contribution in [3.8, 4) is 22.8 Å². The average molecular weight is 1230 g/mol. The summed E-state index contributed by atoms with van der Waals surface area (Å²) in [7, 11) is 0. The highest BCUT2D eigenvalue weighted by Gasteiger charge is 2.21. The minimum absolute atomic E-state index is 0.0895. The first-order chi connectivity index (χ1) is 37.9. The van der Waals surface area contributed by atoms with Gasteiger partial charge in [-0.2, -0.15) is 0 Å². The summed E-state index contributed by atoms with van der Waals surface area (Å²) in [6, 6.07) is 77.9. The van der Waals surface area contributed by atoms with Crippen LogP contribution in [0.25, 0.3) is 77.2 Å². The molecule has 78 heavy (non-hydrogen) atoms. The molecule has 0 atom stereocenters. The number of hydrogen-bond acceptors (Lipinski definition) is 7. The molecule has 2 aromatic heterocycles. The van der Waals surface area contributed by atoms with Gasteiger partial charge in [0, 0.05) is 41.2 Å². The zero-order chi connectivity index (χ0) is 54.5. The number of rotatable bonds is 5. The molecule has 5 N–H and O–H groups in total. The molecular weight excluding hydrogens is 1190 g/mol. The van der Waals surface area contributed by atoms with Crippen LogP contribution in [0.2, 0.25) is 0 Å². The number of benzene rings is 11. The molecule has 0 fully saturated rings. The van der Waals surface area contributed by atoms with Crippen LogP contribution in [0.1, 0.15) is 31.1 Å². The largest absolute Gasteiger partial charge is 0.397 e. The lowest BCUT2D eigenvalue weighted by Crippen LogP contribution is -2.13. The number of imidazole rings is 2. The third-order valence-electron chi connectivity index (χ3n) is 12.4. The van der Waals surface area contributed by atoms with Crippen molar-refractivity contribution < 1.29 is 14.4 Å². The number of hydrogen-bond donors (Lipinski definition) is 3. The number of carbonyl (C=O) groups is 3. The summed E-state index contributed by atoms with van der Waals surface area (Å²) in [6.07, 6.45) is 0.891. The quantitative estimate of drug-likeness (QED) is 0.0882. The number of aromatic amines is 1. The molecular formula is C65H46Br3ClN6O3. The van der Waals surface area contributed by atoms with E-state index in [2.05, 4.69) is 120 Å². The molecule has 0 amide bonds. The van der Waals surface area contributed by atoms with E-state index in [4.69, 9.17) is 33.0 Å². The number of halogens is 4. The van der Waals surface area contributed by atoms with E-state index in [1.54, 1.807) is 41.0 Å². The van der Waals surface area contributed by atoms with Gasteiger partial charge in [0.15, 0.2) is 6.29 Å². The number of nitrogen functional groups attached to an aromatic ring is 2. The number of H-pyrrole nitrogens is 1. The summed E-state index contributed by atoms with van der Waals surface area (Å²) in [5.74, 6) is 1.47. The van der Waals surface area contributed by atoms with Crippen molar-refractivity contribution in [3.63, 3.8) is 0 Å². The van der Waals surface area contributed by atoms with Crippen LogP contribution in [-0.2, 0) is 0 Å². The minimum atomic E-state index is -0.407.